The largest absolute Gasteiger partial charge is 0.507 e. The molecule has 0 fully saturated rings. The van der Waals surface area contributed by atoms with Crippen molar-refractivity contribution >= 4 is 0 Å². The van der Waals surface area contributed by atoms with Gasteiger partial charge >= 0.3 is 0 Å². The Bertz CT molecular complexity index is 742. The fraction of sp³-hybridized carbons (Fsp3) is 0.806. The molecule has 2 rings (SSSR count). The predicted molar refractivity (Wildman–Crippen MR) is 144 cm³/mol. The minimum Gasteiger partial charge on any atom is -0.507 e. The molecule has 0 amide bonds. The molecule has 0 radical (unpaired) electrons. The van der Waals surface area contributed by atoms with E-state index < -0.39 is 0 Å². The van der Waals surface area contributed by atoms with E-state index in [0.29, 0.717) is 5.75 Å². The van der Waals surface area contributed by atoms with Gasteiger partial charge in [0, 0.05) is 11.1 Å². The highest BCUT2D eigenvalue weighted by Gasteiger charge is 2.34. The molecule has 0 aromatic heterocycles. The number of hydrogen-bond acceptors (Lipinski definition) is 2. The highest BCUT2D eigenvalue weighted by Crippen LogP contribution is 2.45. The molecule has 190 valence electrons. The molecule has 0 saturated carbocycles. The van der Waals surface area contributed by atoms with Gasteiger partial charge in [0.1, 0.15) is 17.1 Å². The zero-order valence-corrected chi connectivity index (χ0v) is 23.4. The number of ether oxygens (including phenoxy) is 1. The standard InChI is InChI=1S/C31H54O2/c1-22(2)13-10-14-23(3)15-11-16-24(4)17-12-19-31(9)20-18-26-25(5)29(32)27(30(6,7)8)21-28(26)33-31/h21-24,32H,10-20H2,1-9H3/t23-,24-,31-/m1/s1. The molecule has 2 nitrogen and oxygen atoms in total. The first-order valence-corrected chi connectivity index (χ1v) is 13.9. The molecule has 1 aliphatic rings. The van der Waals surface area contributed by atoms with Gasteiger partial charge in [-0.25, -0.2) is 0 Å². The van der Waals surface area contributed by atoms with Crippen LogP contribution < -0.4 is 4.74 Å². The van der Waals surface area contributed by atoms with Gasteiger partial charge in [-0.1, -0.05) is 93.4 Å². The van der Waals surface area contributed by atoms with Crippen LogP contribution in [0.15, 0.2) is 6.07 Å². The molecule has 1 aliphatic heterocycles. The third-order valence-electron chi connectivity index (χ3n) is 7.98. The smallest absolute Gasteiger partial charge is 0.124 e. The lowest BCUT2D eigenvalue weighted by atomic mass is 9.81. The lowest BCUT2D eigenvalue weighted by Gasteiger charge is -2.38. The Morgan fingerprint density at radius 1 is 0.939 bits per heavy atom. The molecule has 2 heteroatoms. The van der Waals surface area contributed by atoms with Crippen LogP contribution in [0.4, 0.5) is 0 Å². The Morgan fingerprint density at radius 3 is 2.03 bits per heavy atom. The van der Waals surface area contributed by atoms with Crippen LogP contribution in [0.3, 0.4) is 0 Å². The van der Waals surface area contributed by atoms with Gasteiger partial charge in [-0.2, -0.15) is 0 Å². The van der Waals surface area contributed by atoms with Crippen LogP contribution in [0.25, 0.3) is 0 Å². The lowest BCUT2D eigenvalue weighted by Crippen LogP contribution is -2.37. The first kappa shape index (κ1) is 28.1. The molecule has 1 aromatic carbocycles. The van der Waals surface area contributed by atoms with Crippen LogP contribution in [0.1, 0.15) is 136 Å². The molecule has 33 heavy (non-hydrogen) atoms. The maximum atomic E-state index is 10.7. The monoisotopic (exact) mass is 458 g/mol. The van der Waals surface area contributed by atoms with E-state index in [2.05, 4.69) is 61.5 Å². The van der Waals surface area contributed by atoms with Gasteiger partial charge < -0.3 is 9.84 Å². The van der Waals surface area contributed by atoms with E-state index in [9.17, 15) is 5.11 Å². The molecule has 1 aromatic rings. The topological polar surface area (TPSA) is 29.5 Å². The molecule has 0 bridgehead atoms. The fourth-order valence-corrected chi connectivity index (χ4v) is 5.47. The van der Waals surface area contributed by atoms with Gasteiger partial charge in [0.2, 0.25) is 0 Å². The van der Waals surface area contributed by atoms with E-state index in [1.807, 2.05) is 6.92 Å². The summed E-state index contributed by atoms with van der Waals surface area (Å²) >= 11 is 0. The second-order valence-electron chi connectivity index (χ2n) is 13.0. The average Bonchev–Trinajstić information content (AvgIpc) is 2.69. The van der Waals surface area contributed by atoms with Crippen molar-refractivity contribution in [1.29, 1.82) is 0 Å². The van der Waals surface area contributed by atoms with Crippen molar-refractivity contribution < 1.29 is 9.84 Å². The molecule has 1 heterocycles. The SMILES string of the molecule is Cc1c(O)c(C(C)(C)C)cc2c1CC[C@@](C)(CCC[C@H](C)CCC[C@H](C)CCCC(C)C)O2. The Kier molecular flexibility index (Phi) is 10.2. The summed E-state index contributed by atoms with van der Waals surface area (Å²) in [5.74, 6) is 3.99. The van der Waals surface area contributed by atoms with Crippen LogP contribution in [-0.4, -0.2) is 10.7 Å². The number of aromatic hydroxyl groups is 1. The summed E-state index contributed by atoms with van der Waals surface area (Å²) in [6.45, 7) is 20.3. The quantitative estimate of drug-likeness (QED) is 0.338. The van der Waals surface area contributed by atoms with E-state index in [-0.39, 0.29) is 11.0 Å². The van der Waals surface area contributed by atoms with Crippen molar-refractivity contribution in [3.63, 3.8) is 0 Å². The zero-order chi connectivity index (χ0) is 24.8. The second-order valence-corrected chi connectivity index (χ2v) is 13.0. The van der Waals surface area contributed by atoms with E-state index in [0.717, 1.165) is 53.9 Å². The summed E-state index contributed by atoms with van der Waals surface area (Å²) < 4.78 is 6.63. The van der Waals surface area contributed by atoms with E-state index >= 15 is 0 Å². The number of benzene rings is 1. The predicted octanol–water partition coefficient (Wildman–Crippen LogP) is 9.52. The number of phenols is 1. The maximum Gasteiger partial charge on any atom is 0.124 e. The molecular weight excluding hydrogens is 404 g/mol. The first-order chi connectivity index (χ1) is 15.3. The van der Waals surface area contributed by atoms with Gasteiger partial charge in [0.15, 0.2) is 0 Å². The van der Waals surface area contributed by atoms with Crippen molar-refractivity contribution in [2.45, 2.75) is 144 Å². The molecule has 3 atom stereocenters. The molecule has 0 aliphatic carbocycles. The van der Waals surface area contributed by atoms with Crippen LogP contribution >= 0.6 is 0 Å². The molecule has 0 saturated heterocycles. The van der Waals surface area contributed by atoms with E-state index in [1.165, 1.54) is 56.9 Å². The van der Waals surface area contributed by atoms with Crippen LogP contribution in [0, 0.1) is 24.7 Å². The zero-order valence-electron chi connectivity index (χ0n) is 23.4. The summed E-state index contributed by atoms with van der Waals surface area (Å²) in [5, 5.41) is 10.7. The molecule has 1 N–H and O–H groups in total. The first-order valence-electron chi connectivity index (χ1n) is 13.9. The highest BCUT2D eigenvalue weighted by atomic mass is 16.5. The van der Waals surface area contributed by atoms with E-state index in [1.54, 1.807) is 0 Å². The minimum atomic E-state index is -0.0948. The summed E-state index contributed by atoms with van der Waals surface area (Å²) in [6.07, 6.45) is 14.0. The fourth-order valence-electron chi connectivity index (χ4n) is 5.47. The lowest BCUT2D eigenvalue weighted by molar-refractivity contribution is 0.0518. The highest BCUT2D eigenvalue weighted by molar-refractivity contribution is 5.55. The summed E-state index contributed by atoms with van der Waals surface area (Å²) in [6, 6.07) is 2.11. The normalized spacial score (nSPS) is 20.4. The van der Waals surface area contributed by atoms with Crippen LogP contribution in [0.2, 0.25) is 0 Å². The van der Waals surface area contributed by atoms with Gasteiger partial charge in [0.05, 0.1) is 0 Å². The maximum absolute atomic E-state index is 10.7. The number of phenolic OH excluding ortho intramolecular Hbond substituents is 1. The Labute approximate surface area is 205 Å². The molecule has 0 unspecified atom stereocenters. The Morgan fingerprint density at radius 2 is 1.48 bits per heavy atom. The number of rotatable bonds is 12. The van der Waals surface area contributed by atoms with Gasteiger partial charge in [-0.3, -0.25) is 0 Å². The summed E-state index contributed by atoms with van der Waals surface area (Å²) in [5.41, 5.74) is 3.02. The third kappa shape index (κ3) is 8.52. The van der Waals surface area contributed by atoms with Crippen molar-refractivity contribution in [3.05, 3.63) is 22.8 Å². The number of fused-ring (bicyclic) bond motifs is 1. The average molecular weight is 459 g/mol. The Balaban J connectivity index is 1.79. The van der Waals surface area contributed by atoms with Gasteiger partial charge in [-0.05, 0) is 74.3 Å². The second kappa shape index (κ2) is 12.0. The summed E-state index contributed by atoms with van der Waals surface area (Å²) in [7, 11) is 0. The Hall–Kier alpha value is -1.18. The number of hydrogen-bond donors (Lipinski definition) is 1. The van der Waals surface area contributed by atoms with Crippen molar-refractivity contribution in [3.8, 4) is 11.5 Å². The van der Waals surface area contributed by atoms with Crippen molar-refractivity contribution in [1.82, 2.24) is 0 Å². The minimum absolute atomic E-state index is 0.0871. The molecule has 0 spiro atoms. The van der Waals surface area contributed by atoms with Gasteiger partial charge in [0.25, 0.3) is 0 Å². The molecular formula is C31H54O2. The van der Waals surface area contributed by atoms with Crippen LogP contribution in [0.5, 0.6) is 11.5 Å². The van der Waals surface area contributed by atoms with Crippen molar-refractivity contribution in [2.24, 2.45) is 17.8 Å². The van der Waals surface area contributed by atoms with Crippen LogP contribution in [-0.2, 0) is 11.8 Å². The van der Waals surface area contributed by atoms with Crippen molar-refractivity contribution in [2.75, 3.05) is 0 Å². The van der Waals surface area contributed by atoms with E-state index in [4.69, 9.17) is 4.74 Å². The third-order valence-corrected chi connectivity index (χ3v) is 7.98. The van der Waals surface area contributed by atoms with Gasteiger partial charge in [-0.15, -0.1) is 0 Å². The summed E-state index contributed by atoms with van der Waals surface area (Å²) in [4.78, 5) is 0.